The molecule has 0 radical (unpaired) electrons. The third kappa shape index (κ3) is 4.35. The minimum atomic E-state index is 0.128. The molecule has 0 saturated heterocycles. The SMILES string of the molecule is CC(C)N(C)c1ncccc1CNC(C)(C)C. The second-order valence-corrected chi connectivity index (χ2v) is 5.79. The molecule has 0 aliphatic heterocycles. The maximum atomic E-state index is 4.49. The molecule has 3 nitrogen and oxygen atoms in total. The molecule has 1 heterocycles. The lowest BCUT2D eigenvalue weighted by Crippen LogP contribution is -2.36. The average molecular weight is 235 g/mol. The van der Waals surface area contributed by atoms with E-state index in [9.17, 15) is 0 Å². The summed E-state index contributed by atoms with van der Waals surface area (Å²) in [6.45, 7) is 11.7. The lowest BCUT2D eigenvalue weighted by Gasteiger charge is -2.27. The molecule has 0 bridgehead atoms. The van der Waals surface area contributed by atoms with Crippen LogP contribution in [0.2, 0.25) is 0 Å². The Morgan fingerprint density at radius 1 is 1.35 bits per heavy atom. The van der Waals surface area contributed by atoms with Crippen molar-refractivity contribution in [1.82, 2.24) is 10.3 Å². The van der Waals surface area contributed by atoms with Crippen molar-refractivity contribution < 1.29 is 0 Å². The van der Waals surface area contributed by atoms with E-state index >= 15 is 0 Å². The molecule has 0 unspecified atom stereocenters. The van der Waals surface area contributed by atoms with Gasteiger partial charge in [-0.05, 0) is 40.7 Å². The number of nitrogens with zero attached hydrogens (tertiary/aromatic N) is 2. The predicted octanol–water partition coefficient (Wildman–Crippen LogP) is 2.81. The summed E-state index contributed by atoms with van der Waals surface area (Å²) >= 11 is 0. The fourth-order valence-corrected chi connectivity index (χ4v) is 1.49. The lowest BCUT2D eigenvalue weighted by molar-refractivity contribution is 0.424. The van der Waals surface area contributed by atoms with Crippen molar-refractivity contribution in [2.75, 3.05) is 11.9 Å². The van der Waals surface area contributed by atoms with Crippen LogP contribution in [0.25, 0.3) is 0 Å². The van der Waals surface area contributed by atoms with E-state index in [-0.39, 0.29) is 5.54 Å². The minimum absolute atomic E-state index is 0.128. The molecule has 0 aliphatic rings. The Morgan fingerprint density at radius 2 is 2.00 bits per heavy atom. The van der Waals surface area contributed by atoms with Gasteiger partial charge in [-0.25, -0.2) is 4.98 Å². The van der Waals surface area contributed by atoms with E-state index in [0.717, 1.165) is 12.4 Å². The molecule has 3 heteroatoms. The van der Waals surface area contributed by atoms with Gasteiger partial charge in [0.1, 0.15) is 5.82 Å². The van der Waals surface area contributed by atoms with E-state index < -0.39 is 0 Å². The summed E-state index contributed by atoms with van der Waals surface area (Å²) in [5.74, 6) is 1.07. The maximum Gasteiger partial charge on any atom is 0.132 e. The third-order valence-corrected chi connectivity index (χ3v) is 2.79. The summed E-state index contributed by atoms with van der Waals surface area (Å²) in [6, 6.07) is 4.59. The van der Waals surface area contributed by atoms with E-state index in [4.69, 9.17) is 0 Å². The van der Waals surface area contributed by atoms with Crippen molar-refractivity contribution in [3.05, 3.63) is 23.9 Å². The van der Waals surface area contributed by atoms with Gasteiger partial charge in [0, 0.05) is 36.9 Å². The van der Waals surface area contributed by atoms with Crippen LogP contribution in [0.1, 0.15) is 40.2 Å². The normalized spacial score (nSPS) is 11.9. The number of hydrogen-bond acceptors (Lipinski definition) is 3. The van der Waals surface area contributed by atoms with Gasteiger partial charge >= 0.3 is 0 Å². The molecule has 0 aromatic carbocycles. The van der Waals surface area contributed by atoms with Crippen LogP contribution in [-0.2, 0) is 6.54 Å². The Labute approximate surface area is 105 Å². The molecule has 0 aliphatic carbocycles. The molecule has 1 rings (SSSR count). The lowest BCUT2D eigenvalue weighted by atomic mass is 10.1. The van der Waals surface area contributed by atoms with E-state index in [0.29, 0.717) is 6.04 Å². The Balaban J connectivity index is 2.85. The van der Waals surface area contributed by atoms with Crippen molar-refractivity contribution in [2.45, 2.75) is 52.7 Å². The van der Waals surface area contributed by atoms with Gasteiger partial charge in [-0.15, -0.1) is 0 Å². The minimum Gasteiger partial charge on any atom is -0.357 e. The first-order valence-corrected chi connectivity index (χ1v) is 6.23. The van der Waals surface area contributed by atoms with Gasteiger partial charge in [-0.1, -0.05) is 6.07 Å². The zero-order valence-electron chi connectivity index (χ0n) is 11.9. The molecular formula is C14H25N3. The van der Waals surface area contributed by atoms with Crippen LogP contribution in [0.4, 0.5) is 5.82 Å². The zero-order chi connectivity index (χ0) is 13.1. The van der Waals surface area contributed by atoms with Crippen LogP contribution in [0.3, 0.4) is 0 Å². The van der Waals surface area contributed by atoms with Crippen molar-refractivity contribution in [3.63, 3.8) is 0 Å². The van der Waals surface area contributed by atoms with Gasteiger partial charge in [0.15, 0.2) is 0 Å². The second-order valence-electron chi connectivity index (χ2n) is 5.79. The zero-order valence-corrected chi connectivity index (χ0v) is 11.9. The summed E-state index contributed by atoms with van der Waals surface area (Å²) in [4.78, 5) is 6.69. The Hall–Kier alpha value is -1.09. The first-order valence-electron chi connectivity index (χ1n) is 6.23. The molecule has 17 heavy (non-hydrogen) atoms. The maximum absolute atomic E-state index is 4.49. The van der Waals surface area contributed by atoms with Gasteiger partial charge in [0.25, 0.3) is 0 Å². The highest BCUT2D eigenvalue weighted by Gasteiger charge is 2.14. The highest BCUT2D eigenvalue weighted by atomic mass is 15.2. The van der Waals surface area contributed by atoms with Crippen molar-refractivity contribution in [1.29, 1.82) is 0 Å². The van der Waals surface area contributed by atoms with E-state index in [1.807, 2.05) is 12.3 Å². The number of aromatic nitrogens is 1. The highest BCUT2D eigenvalue weighted by Crippen LogP contribution is 2.18. The average Bonchev–Trinajstić information content (AvgIpc) is 2.24. The number of nitrogens with one attached hydrogen (secondary N) is 1. The fourth-order valence-electron chi connectivity index (χ4n) is 1.49. The quantitative estimate of drug-likeness (QED) is 0.870. The molecule has 0 fully saturated rings. The Bertz CT molecular complexity index is 353. The predicted molar refractivity (Wildman–Crippen MR) is 74.4 cm³/mol. The number of pyridine rings is 1. The number of hydrogen-bond donors (Lipinski definition) is 1. The van der Waals surface area contributed by atoms with Crippen LogP contribution >= 0.6 is 0 Å². The standard InChI is InChI=1S/C14H25N3/c1-11(2)17(6)13-12(8-7-9-15-13)10-16-14(3,4)5/h7-9,11,16H,10H2,1-6H3. The van der Waals surface area contributed by atoms with Crippen LogP contribution in [-0.4, -0.2) is 23.6 Å². The fraction of sp³-hybridized carbons (Fsp3) is 0.643. The van der Waals surface area contributed by atoms with Gasteiger partial charge in [-0.3, -0.25) is 0 Å². The third-order valence-electron chi connectivity index (χ3n) is 2.79. The van der Waals surface area contributed by atoms with Gasteiger partial charge < -0.3 is 10.2 Å². The smallest absolute Gasteiger partial charge is 0.132 e. The van der Waals surface area contributed by atoms with Crippen LogP contribution < -0.4 is 10.2 Å². The molecular weight excluding hydrogens is 210 g/mol. The number of rotatable bonds is 4. The monoisotopic (exact) mass is 235 g/mol. The van der Waals surface area contributed by atoms with Crippen LogP contribution in [0.5, 0.6) is 0 Å². The molecule has 0 atom stereocenters. The van der Waals surface area contributed by atoms with Gasteiger partial charge in [-0.2, -0.15) is 0 Å². The van der Waals surface area contributed by atoms with Gasteiger partial charge in [0.05, 0.1) is 0 Å². The summed E-state index contributed by atoms with van der Waals surface area (Å²) < 4.78 is 0. The molecule has 1 N–H and O–H groups in total. The van der Waals surface area contributed by atoms with Crippen molar-refractivity contribution in [3.8, 4) is 0 Å². The molecule has 0 spiro atoms. The van der Waals surface area contributed by atoms with Crippen molar-refractivity contribution in [2.24, 2.45) is 0 Å². The first kappa shape index (κ1) is 14.0. The van der Waals surface area contributed by atoms with E-state index in [1.54, 1.807) is 0 Å². The summed E-state index contributed by atoms with van der Waals surface area (Å²) in [6.07, 6.45) is 1.86. The molecule has 1 aromatic rings. The molecule has 1 aromatic heterocycles. The Kier molecular flexibility index (Phi) is 4.52. The van der Waals surface area contributed by atoms with Gasteiger partial charge in [0.2, 0.25) is 0 Å². The summed E-state index contributed by atoms with van der Waals surface area (Å²) in [5, 5.41) is 3.51. The summed E-state index contributed by atoms with van der Waals surface area (Å²) in [7, 11) is 2.09. The molecule has 96 valence electrons. The number of anilines is 1. The van der Waals surface area contributed by atoms with Crippen LogP contribution in [0.15, 0.2) is 18.3 Å². The highest BCUT2D eigenvalue weighted by molar-refractivity contribution is 5.46. The van der Waals surface area contributed by atoms with Crippen LogP contribution in [0, 0.1) is 0 Å². The molecule has 0 saturated carbocycles. The topological polar surface area (TPSA) is 28.2 Å². The van der Waals surface area contributed by atoms with E-state index in [1.165, 1.54) is 5.56 Å². The summed E-state index contributed by atoms with van der Waals surface area (Å²) in [5.41, 5.74) is 1.38. The molecule has 0 amide bonds. The first-order chi connectivity index (χ1) is 7.81. The largest absolute Gasteiger partial charge is 0.357 e. The van der Waals surface area contributed by atoms with Crippen molar-refractivity contribution >= 4 is 5.82 Å². The second kappa shape index (κ2) is 5.50. The van der Waals surface area contributed by atoms with E-state index in [2.05, 4.69) is 62.9 Å². The Morgan fingerprint density at radius 3 is 2.53 bits per heavy atom.